The van der Waals surface area contributed by atoms with Crippen molar-refractivity contribution >= 4 is 32.5 Å². The highest BCUT2D eigenvalue weighted by Gasteiger charge is 2.23. The lowest BCUT2D eigenvalue weighted by Crippen LogP contribution is -2.25. The minimum atomic E-state index is 0.0153. The lowest BCUT2D eigenvalue weighted by atomic mass is 9.89. The molecule has 1 aromatic carbocycles. The molecule has 1 aliphatic carbocycles. The SMILES string of the molecule is C[C@H]1CCc2c(sc3nc([C@@H](C)NCCCn4ccc5ccccc54)[nH]c(=O)c23)C1. The van der Waals surface area contributed by atoms with Gasteiger partial charge < -0.3 is 14.9 Å². The summed E-state index contributed by atoms with van der Waals surface area (Å²) >= 11 is 1.71. The fourth-order valence-corrected chi connectivity index (χ4v) is 5.96. The van der Waals surface area contributed by atoms with Gasteiger partial charge in [0.15, 0.2) is 0 Å². The van der Waals surface area contributed by atoms with E-state index in [0.717, 1.165) is 54.8 Å². The molecule has 0 saturated heterocycles. The third kappa shape index (κ3) is 3.59. The van der Waals surface area contributed by atoms with Crippen LogP contribution >= 0.6 is 11.3 Å². The van der Waals surface area contributed by atoms with E-state index >= 15 is 0 Å². The molecule has 0 bridgehead atoms. The number of nitrogens with one attached hydrogen (secondary N) is 2. The number of hydrogen-bond acceptors (Lipinski definition) is 4. The molecule has 2 atom stereocenters. The minimum Gasteiger partial charge on any atom is -0.347 e. The molecule has 2 N–H and O–H groups in total. The monoisotopic (exact) mass is 420 g/mol. The van der Waals surface area contributed by atoms with Crippen molar-refractivity contribution in [2.24, 2.45) is 5.92 Å². The van der Waals surface area contributed by atoms with Gasteiger partial charge in [-0.05, 0) is 68.2 Å². The highest BCUT2D eigenvalue weighted by molar-refractivity contribution is 7.18. The first-order valence-corrected chi connectivity index (χ1v) is 11.7. The van der Waals surface area contributed by atoms with Gasteiger partial charge in [-0.2, -0.15) is 0 Å². The molecule has 0 fully saturated rings. The summed E-state index contributed by atoms with van der Waals surface area (Å²) in [7, 11) is 0. The smallest absolute Gasteiger partial charge is 0.259 e. The number of fused-ring (bicyclic) bond motifs is 4. The Kier molecular flexibility index (Phi) is 5.21. The number of aromatic amines is 1. The number of nitrogens with zero attached hydrogens (tertiary/aromatic N) is 2. The van der Waals surface area contributed by atoms with E-state index in [9.17, 15) is 4.79 Å². The number of aryl methyl sites for hydroxylation is 2. The van der Waals surface area contributed by atoms with Gasteiger partial charge >= 0.3 is 0 Å². The van der Waals surface area contributed by atoms with Gasteiger partial charge in [0.25, 0.3) is 5.56 Å². The van der Waals surface area contributed by atoms with Crippen LogP contribution in [0.25, 0.3) is 21.1 Å². The van der Waals surface area contributed by atoms with Crippen LogP contribution in [-0.2, 0) is 19.4 Å². The van der Waals surface area contributed by atoms with Gasteiger partial charge in [-0.15, -0.1) is 11.3 Å². The number of H-pyrrole nitrogens is 1. The number of hydrogen-bond donors (Lipinski definition) is 2. The van der Waals surface area contributed by atoms with Gasteiger partial charge in [0.1, 0.15) is 10.7 Å². The van der Waals surface area contributed by atoms with Crippen molar-refractivity contribution in [1.82, 2.24) is 19.9 Å². The second-order valence-corrected chi connectivity index (χ2v) is 9.66. The van der Waals surface area contributed by atoms with Crippen LogP contribution in [0.15, 0.2) is 41.3 Å². The number of para-hydroxylation sites is 1. The first kappa shape index (κ1) is 19.5. The fraction of sp³-hybridized carbons (Fsp3) is 0.417. The highest BCUT2D eigenvalue weighted by Crippen LogP contribution is 2.35. The summed E-state index contributed by atoms with van der Waals surface area (Å²) in [5, 5.41) is 5.64. The highest BCUT2D eigenvalue weighted by atomic mass is 32.1. The van der Waals surface area contributed by atoms with Crippen molar-refractivity contribution < 1.29 is 0 Å². The second-order valence-electron chi connectivity index (χ2n) is 8.58. The van der Waals surface area contributed by atoms with Crippen LogP contribution in [-0.4, -0.2) is 21.1 Å². The molecule has 0 amide bonds. The molecular formula is C24H28N4OS. The summed E-state index contributed by atoms with van der Waals surface area (Å²) < 4.78 is 2.30. The molecule has 3 heterocycles. The molecule has 156 valence electrons. The Morgan fingerprint density at radius 2 is 2.20 bits per heavy atom. The van der Waals surface area contributed by atoms with Gasteiger partial charge in [-0.25, -0.2) is 4.98 Å². The van der Waals surface area contributed by atoms with Crippen LogP contribution in [0, 0.1) is 5.92 Å². The standard InChI is InChI=1S/C24H28N4OS/c1-15-8-9-18-20(14-15)30-24-21(18)23(29)26-22(27-24)16(2)25-11-5-12-28-13-10-17-6-3-4-7-19(17)28/h3-4,6-7,10,13,15-16,25H,5,8-9,11-12,14H2,1-2H3,(H,26,27,29)/t15-,16+/m0/s1. The maximum Gasteiger partial charge on any atom is 0.259 e. The van der Waals surface area contributed by atoms with Crippen LogP contribution < -0.4 is 10.9 Å². The van der Waals surface area contributed by atoms with Crippen LogP contribution in [0.1, 0.15) is 49.0 Å². The molecule has 4 aromatic rings. The van der Waals surface area contributed by atoms with Gasteiger partial charge in [0.05, 0.1) is 11.4 Å². The lowest BCUT2D eigenvalue weighted by Gasteiger charge is -2.17. The maximum atomic E-state index is 12.8. The Morgan fingerprint density at radius 3 is 3.10 bits per heavy atom. The zero-order chi connectivity index (χ0) is 20.7. The Bertz CT molecular complexity index is 1250. The molecule has 0 aliphatic heterocycles. The summed E-state index contributed by atoms with van der Waals surface area (Å²) in [4.78, 5) is 23.0. The summed E-state index contributed by atoms with van der Waals surface area (Å²) in [6, 6.07) is 10.6. The molecular weight excluding hydrogens is 392 g/mol. The number of thiophene rings is 1. The summed E-state index contributed by atoms with van der Waals surface area (Å²) in [6.07, 6.45) is 6.41. The van der Waals surface area contributed by atoms with Crippen molar-refractivity contribution in [3.63, 3.8) is 0 Å². The van der Waals surface area contributed by atoms with Crippen molar-refractivity contribution in [2.75, 3.05) is 6.54 Å². The molecule has 0 spiro atoms. The van der Waals surface area contributed by atoms with Crippen molar-refractivity contribution in [2.45, 2.75) is 52.1 Å². The van der Waals surface area contributed by atoms with Crippen molar-refractivity contribution in [3.05, 3.63) is 63.1 Å². The van der Waals surface area contributed by atoms with E-state index in [1.165, 1.54) is 21.3 Å². The third-order valence-electron chi connectivity index (χ3n) is 6.30. The van der Waals surface area contributed by atoms with E-state index in [0.29, 0.717) is 5.92 Å². The molecule has 6 heteroatoms. The van der Waals surface area contributed by atoms with E-state index < -0.39 is 0 Å². The van der Waals surface area contributed by atoms with E-state index in [1.54, 1.807) is 11.3 Å². The van der Waals surface area contributed by atoms with Gasteiger partial charge in [0.2, 0.25) is 0 Å². The van der Waals surface area contributed by atoms with Crippen molar-refractivity contribution in [1.29, 1.82) is 0 Å². The Morgan fingerprint density at radius 1 is 1.33 bits per heavy atom. The number of benzene rings is 1. The number of aromatic nitrogens is 3. The number of rotatable bonds is 6. The molecule has 3 aromatic heterocycles. The van der Waals surface area contributed by atoms with Crippen molar-refractivity contribution in [3.8, 4) is 0 Å². The molecule has 1 aliphatic rings. The molecule has 5 rings (SSSR count). The van der Waals surface area contributed by atoms with Gasteiger partial charge in [-0.1, -0.05) is 25.1 Å². The zero-order valence-corrected chi connectivity index (χ0v) is 18.4. The van der Waals surface area contributed by atoms with E-state index in [-0.39, 0.29) is 11.6 Å². The first-order valence-electron chi connectivity index (χ1n) is 10.9. The summed E-state index contributed by atoms with van der Waals surface area (Å²) in [6.45, 7) is 6.20. The Hall–Kier alpha value is -2.44. The van der Waals surface area contributed by atoms with E-state index in [4.69, 9.17) is 4.98 Å². The van der Waals surface area contributed by atoms with Crippen LogP contribution in [0.4, 0.5) is 0 Å². The quantitative estimate of drug-likeness (QED) is 0.440. The Labute approximate surface area is 180 Å². The second kappa shape index (κ2) is 8.00. The molecule has 0 radical (unpaired) electrons. The largest absolute Gasteiger partial charge is 0.347 e. The van der Waals surface area contributed by atoms with Gasteiger partial charge in [0, 0.05) is 23.1 Å². The predicted octanol–water partition coefficient (Wildman–Crippen LogP) is 4.81. The fourth-order valence-electron chi connectivity index (χ4n) is 4.57. The van der Waals surface area contributed by atoms with E-state index in [1.807, 2.05) is 0 Å². The zero-order valence-electron chi connectivity index (χ0n) is 17.6. The van der Waals surface area contributed by atoms with Crippen LogP contribution in [0.2, 0.25) is 0 Å². The van der Waals surface area contributed by atoms with Gasteiger partial charge in [-0.3, -0.25) is 4.79 Å². The normalized spacial score (nSPS) is 17.5. The average Bonchev–Trinajstić information content (AvgIpc) is 3.31. The molecule has 0 saturated carbocycles. The summed E-state index contributed by atoms with van der Waals surface area (Å²) in [5.74, 6) is 1.44. The maximum absolute atomic E-state index is 12.8. The molecule has 5 nitrogen and oxygen atoms in total. The van der Waals surface area contributed by atoms with E-state index in [2.05, 4.69) is 65.2 Å². The molecule has 0 unspecified atom stereocenters. The van der Waals surface area contributed by atoms with Crippen LogP contribution in [0.3, 0.4) is 0 Å². The third-order valence-corrected chi connectivity index (χ3v) is 7.45. The van der Waals surface area contributed by atoms with Crippen LogP contribution in [0.5, 0.6) is 0 Å². The lowest BCUT2D eigenvalue weighted by molar-refractivity contribution is 0.508. The minimum absolute atomic E-state index is 0.0153. The topological polar surface area (TPSA) is 62.7 Å². The summed E-state index contributed by atoms with van der Waals surface area (Å²) in [5.41, 5.74) is 2.54. The molecule has 30 heavy (non-hydrogen) atoms. The average molecular weight is 421 g/mol. The first-order chi connectivity index (χ1) is 14.6. The Balaban J connectivity index is 1.26. The predicted molar refractivity (Wildman–Crippen MR) is 124 cm³/mol.